The van der Waals surface area contributed by atoms with E-state index in [1.165, 1.54) is 6.08 Å². The van der Waals surface area contributed by atoms with Gasteiger partial charge in [0.05, 0.1) is 18.3 Å². The molecule has 1 atom stereocenters. The fraction of sp³-hybridized carbons (Fsp3) is 0.211. The minimum Gasteiger partial charge on any atom is -0.383 e. The van der Waals surface area contributed by atoms with Crippen molar-refractivity contribution in [2.24, 2.45) is 7.05 Å². The standard InChI is InChI=1S/C19H20N4O2/c1-19(25,15-11-22-23(2)12-15)13-21-18(24)8-7-14-9-10-20-17-6-4-3-5-16(14)17/h3-12,25H,13H2,1-2H3,(H,21,24)/b8-7+. The quantitative estimate of drug-likeness (QED) is 0.699. The second kappa shape index (κ2) is 6.86. The summed E-state index contributed by atoms with van der Waals surface area (Å²) in [7, 11) is 1.78. The number of aryl methyl sites for hydroxylation is 1. The molecule has 6 nitrogen and oxygen atoms in total. The van der Waals surface area contributed by atoms with Crippen molar-refractivity contribution < 1.29 is 9.90 Å². The molecule has 1 aromatic carbocycles. The van der Waals surface area contributed by atoms with Crippen LogP contribution in [0.3, 0.4) is 0 Å². The number of carbonyl (C=O) groups excluding carboxylic acids is 1. The zero-order valence-electron chi connectivity index (χ0n) is 14.2. The van der Waals surface area contributed by atoms with Crippen LogP contribution in [0.25, 0.3) is 17.0 Å². The van der Waals surface area contributed by atoms with Crippen molar-refractivity contribution in [2.45, 2.75) is 12.5 Å². The molecule has 2 aromatic heterocycles. The number of pyridine rings is 1. The number of aliphatic hydroxyl groups is 1. The van der Waals surface area contributed by atoms with Gasteiger partial charge in [-0.2, -0.15) is 5.10 Å². The molecular weight excluding hydrogens is 316 g/mol. The van der Waals surface area contributed by atoms with E-state index in [9.17, 15) is 9.90 Å². The number of carbonyl (C=O) groups is 1. The predicted octanol–water partition coefficient (Wildman–Crippen LogP) is 2.01. The van der Waals surface area contributed by atoms with E-state index in [0.29, 0.717) is 5.56 Å². The average Bonchev–Trinajstić information content (AvgIpc) is 3.05. The zero-order chi connectivity index (χ0) is 17.9. The molecule has 25 heavy (non-hydrogen) atoms. The number of rotatable bonds is 5. The van der Waals surface area contributed by atoms with E-state index in [-0.39, 0.29) is 12.5 Å². The highest BCUT2D eigenvalue weighted by Gasteiger charge is 2.24. The maximum atomic E-state index is 12.1. The van der Waals surface area contributed by atoms with E-state index < -0.39 is 5.60 Å². The summed E-state index contributed by atoms with van der Waals surface area (Å²) in [6.45, 7) is 1.74. The van der Waals surface area contributed by atoms with Gasteiger partial charge in [0.15, 0.2) is 0 Å². The first-order chi connectivity index (χ1) is 12.0. The van der Waals surface area contributed by atoms with Crippen LogP contribution in [0.1, 0.15) is 18.1 Å². The van der Waals surface area contributed by atoms with Crippen LogP contribution in [0.4, 0.5) is 0 Å². The number of nitrogens with one attached hydrogen (secondary N) is 1. The second-order valence-electron chi connectivity index (χ2n) is 6.14. The Morgan fingerprint density at radius 2 is 2.16 bits per heavy atom. The lowest BCUT2D eigenvalue weighted by atomic mass is 10.00. The first-order valence-electron chi connectivity index (χ1n) is 7.97. The summed E-state index contributed by atoms with van der Waals surface area (Å²) in [4.78, 5) is 16.4. The molecule has 0 aliphatic rings. The van der Waals surface area contributed by atoms with Gasteiger partial charge in [-0.25, -0.2) is 0 Å². The monoisotopic (exact) mass is 336 g/mol. The number of amides is 1. The minimum absolute atomic E-state index is 0.0962. The van der Waals surface area contributed by atoms with Crippen LogP contribution in [0, 0.1) is 0 Å². The Morgan fingerprint density at radius 1 is 1.36 bits per heavy atom. The van der Waals surface area contributed by atoms with Gasteiger partial charge < -0.3 is 10.4 Å². The Morgan fingerprint density at radius 3 is 2.92 bits per heavy atom. The summed E-state index contributed by atoms with van der Waals surface area (Å²) in [6, 6.07) is 9.62. The topological polar surface area (TPSA) is 80.0 Å². The molecule has 2 heterocycles. The molecule has 0 saturated heterocycles. The number of nitrogens with zero attached hydrogens (tertiary/aromatic N) is 3. The molecule has 1 amide bonds. The van der Waals surface area contributed by atoms with Gasteiger partial charge in [0.25, 0.3) is 0 Å². The van der Waals surface area contributed by atoms with Crippen LogP contribution < -0.4 is 5.32 Å². The molecule has 0 radical (unpaired) electrons. The third-order valence-corrected chi connectivity index (χ3v) is 4.03. The number of aromatic nitrogens is 3. The van der Waals surface area contributed by atoms with Gasteiger partial charge in [-0.3, -0.25) is 14.5 Å². The van der Waals surface area contributed by atoms with Crippen LogP contribution in [0.2, 0.25) is 0 Å². The van der Waals surface area contributed by atoms with Gasteiger partial charge in [0, 0.05) is 36.5 Å². The first kappa shape index (κ1) is 16.9. The third kappa shape index (κ3) is 3.92. The molecule has 0 bridgehead atoms. The zero-order valence-corrected chi connectivity index (χ0v) is 14.2. The summed E-state index contributed by atoms with van der Waals surface area (Å²) in [6.07, 6.45) is 8.24. The highest BCUT2D eigenvalue weighted by atomic mass is 16.3. The maximum absolute atomic E-state index is 12.1. The normalized spacial score (nSPS) is 13.9. The largest absolute Gasteiger partial charge is 0.383 e. The van der Waals surface area contributed by atoms with Crippen LogP contribution >= 0.6 is 0 Å². The third-order valence-electron chi connectivity index (χ3n) is 4.03. The van der Waals surface area contributed by atoms with E-state index >= 15 is 0 Å². The molecule has 128 valence electrons. The molecule has 2 N–H and O–H groups in total. The number of para-hydroxylation sites is 1. The Bertz CT molecular complexity index is 923. The van der Waals surface area contributed by atoms with E-state index in [2.05, 4.69) is 15.4 Å². The van der Waals surface area contributed by atoms with Crippen molar-refractivity contribution in [3.8, 4) is 0 Å². The van der Waals surface area contributed by atoms with Crippen molar-refractivity contribution in [1.29, 1.82) is 0 Å². The van der Waals surface area contributed by atoms with Crippen LogP contribution in [0.5, 0.6) is 0 Å². The molecule has 3 aromatic rings. The SMILES string of the molecule is Cn1cc(C(C)(O)CNC(=O)/C=C/c2ccnc3ccccc23)cn1. The van der Waals surface area contributed by atoms with Gasteiger partial charge >= 0.3 is 0 Å². The number of fused-ring (bicyclic) bond motifs is 1. The molecular formula is C19H20N4O2. The lowest BCUT2D eigenvalue weighted by Crippen LogP contribution is -2.37. The van der Waals surface area contributed by atoms with E-state index in [0.717, 1.165) is 16.5 Å². The van der Waals surface area contributed by atoms with E-state index in [4.69, 9.17) is 0 Å². The molecule has 0 saturated carbocycles. The fourth-order valence-electron chi connectivity index (χ4n) is 2.55. The van der Waals surface area contributed by atoms with Gasteiger partial charge in [-0.15, -0.1) is 0 Å². The molecule has 1 unspecified atom stereocenters. The van der Waals surface area contributed by atoms with Gasteiger partial charge in [-0.1, -0.05) is 18.2 Å². The Balaban J connectivity index is 1.67. The fourth-order valence-corrected chi connectivity index (χ4v) is 2.55. The summed E-state index contributed by atoms with van der Waals surface area (Å²) in [5.41, 5.74) is 1.27. The van der Waals surface area contributed by atoms with Crippen LogP contribution in [-0.4, -0.2) is 32.3 Å². The second-order valence-corrected chi connectivity index (χ2v) is 6.14. The summed E-state index contributed by atoms with van der Waals surface area (Å²) < 4.78 is 1.61. The Kier molecular flexibility index (Phi) is 4.63. The molecule has 3 rings (SSSR count). The van der Waals surface area contributed by atoms with Gasteiger partial charge in [0.1, 0.15) is 5.60 Å². The summed E-state index contributed by atoms with van der Waals surface area (Å²) in [5.74, 6) is -0.273. The van der Waals surface area contributed by atoms with Crippen molar-refractivity contribution in [3.05, 3.63) is 66.1 Å². The average molecular weight is 336 g/mol. The highest BCUT2D eigenvalue weighted by Crippen LogP contribution is 2.19. The number of benzene rings is 1. The smallest absolute Gasteiger partial charge is 0.244 e. The molecule has 0 spiro atoms. The Labute approximate surface area is 145 Å². The van der Waals surface area contributed by atoms with Crippen LogP contribution in [-0.2, 0) is 17.4 Å². The van der Waals surface area contributed by atoms with Crippen molar-refractivity contribution in [1.82, 2.24) is 20.1 Å². The number of hydrogen-bond acceptors (Lipinski definition) is 4. The maximum Gasteiger partial charge on any atom is 0.244 e. The van der Waals surface area contributed by atoms with Crippen molar-refractivity contribution in [3.63, 3.8) is 0 Å². The molecule has 0 fully saturated rings. The predicted molar refractivity (Wildman–Crippen MR) is 96.6 cm³/mol. The lowest BCUT2D eigenvalue weighted by molar-refractivity contribution is -0.117. The molecule has 6 heteroatoms. The summed E-state index contributed by atoms with van der Waals surface area (Å²) in [5, 5.41) is 18.2. The first-order valence-corrected chi connectivity index (χ1v) is 7.97. The molecule has 0 aliphatic carbocycles. The van der Waals surface area contributed by atoms with Crippen LogP contribution in [0.15, 0.2) is 55.0 Å². The van der Waals surface area contributed by atoms with E-state index in [1.54, 1.807) is 43.3 Å². The van der Waals surface area contributed by atoms with Crippen molar-refractivity contribution in [2.75, 3.05) is 6.54 Å². The van der Waals surface area contributed by atoms with E-state index in [1.807, 2.05) is 30.3 Å². The summed E-state index contributed by atoms with van der Waals surface area (Å²) >= 11 is 0. The molecule has 0 aliphatic heterocycles. The highest BCUT2D eigenvalue weighted by molar-refractivity contribution is 5.95. The minimum atomic E-state index is -1.18. The van der Waals surface area contributed by atoms with Gasteiger partial charge in [0.2, 0.25) is 5.91 Å². The lowest BCUT2D eigenvalue weighted by Gasteiger charge is -2.21. The Hall–Kier alpha value is -2.99. The van der Waals surface area contributed by atoms with Crippen molar-refractivity contribution >= 4 is 22.9 Å². The van der Waals surface area contributed by atoms with Gasteiger partial charge in [-0.05, 0) is 30.7 Å². The number of hydrogen-bond donors (Lipinski definition) is 2.